The van der Waals surface area contributed by atoms with Gasteiger partial charge in [0.25, 0.3) is 0 Å². The van der Waals surface area contributed by atoms with Crippen molar-refractivity contribution in [3.8, 4) is 22.9 Å². The van der Waals surface area contributed by atoms with Crippen LogP contribution in [-0.4, -0.2) is 29.4 Å². The molecule has 7 nitrogen and oxygen atoms in total. The summed E-state index contributed by atoms with van der Waals surface area (Å²) in [6.45, 7) is 5.14. The summed E-state index contributed by atoms with van der Waals surface area (Å²) in [4.78, 5) is 17.6. The van der Waals surface area contributed by atoms with Crippen molar-refractivity contribution < 1.29 is 18.8 Å². The van der Waals surface area contributed by atoms with Crippen LogP contribution in [0, 0.1) is 23.7 Å². The number of nitrogens with zero attached hydrogens (tertiary/aromatic N) is 2. The van der Waals surface area contributed by atoms with E-state index in [0.717, 1.165) is 30.6 Å². The molecule has 148 valence electrons. The lowest BCUT2D eigenvalue weighted by atomic mass is 9.78. The van der Waals surface area contributed by atoms with Crippen molar-refractivity contribution >= 4 is 5.91 Å². The third-order valence-corrected chi connectivity index (χ3v) is 6.26. The highest BCUT2D eigenvalue weighted by Gasteiger charge is 2.53. The zero-order valence-electron chi connectivity index (χ0n) is 16.2. The summed E-state index contributed by atoms with van der Waals surface area (Å²) in [5, 5.41) is 7.31. The smallest absolute Gasteiger partial charge is 0.231 e. The van der Waals surface area contributed by atoms with Crippen LogP contribution in [0.25, 0.3) is 11.4 Å². The van der Waals surface area contributed by atoms with E-state index in [1.807, 2.05) is 18.2 Å². The number of hydrogen-bond acceptors (Lipinski definition) is 6. The minimum absolute atomic E-state index is 0.0150. The molecule has 2 bridgehead atoms. The van der Waals surface area contributed by atoms with E-state index in [2.05, 4.69) is 29.3 Å². The summed E-state index contributed by atoms with van der Waals surface area (Å²) in [6, 6.07) is 5.62. The Hall–Kier alpha value is -2.57. The summed E-state index contributed by atoms with van der Waals surface area (Å²) in [5.41, 5.74) is 0.822. The van der Waals surface area contributed by atoms with Gasteiger partial charge in [0, 0.05) is 12.1 Å². The molecule has 0 spiro atoms. The van der Waals surface area contributed by atoms with Crippen LogP contribution in [0.1, 0.15) is 44.9 Å². The highest BCUT2D eigenvalue weighted by atomic mass is 16.7. The van der Waals surface area contributed by atoms with E-state index >= 15 is 0 Å². The number of aromatic nitrogens is 2. The number of amides is 1. The molecule has 7 heteroatoms. The van der Waals surface area contributed by atoms with Gasteiger partial charge in [-0.1, -0.05) is 19.0 Å². The standard InChI is InChI=1S/C21H25N3O4/c1-11(2)9-22-20(25)17-12-3-4-13(7-12)18(17)21-23-19(24-28-21)14-5-6-15-16(8-14)27-10-26-15/h5-6,8,11-13,17-18H,3-4,7,9-10H2,1-2H3,(H,22,25)/t12-,13+,17-,18-/m0/s1. The zero-order valence-corrected chi connectivity index (χ0v) is 16.2. The number of carbonyl (C=O) groups excluding carboxylic acids is 1. The van der Waals surface area contributed by atoms with Gasteiger partial charge in [-0.15, -0.1) is 0 Å². The molecule has 4 atom stereocenters. The highest BCUT2D eigenvalue weighted by molar-refractivity contribution is 5.80. The fourth-order valence-electron chi connectivity index (χ4n) is 4.97. The summed E-state index contributed by atoms with van der Waals surface area (Å²) in [7, 11) is 0. The third-order valence-electron chi connectivity index (χ3n) is 6.26. The maximum atomic E-state index is 12.9. The normalized spacial score (nSPS) is 27.5. The van der Waals surface area contributed by atoms with Crippen LogP contribution < -0.4 is 14.8 Å². The fraction of sp³-hybridized carbons (Fsp3) is 0.571. The van der Waals surface area contributed by atoms with Crippen LogP contribution in [0.5, 0.6) is 11.5 Å². The molecular weight excluding hydrogens is 358 g/mol. The molecule has 1 aromatic heterocycles. The lowest BCUT2D eigenvalue weighted by Crippen LogP contribution is -2.39. The summed E-state index contributed by atoms with van der Waals surface area (Å²) in [5.74, 6) is 3.91. The Balaban J connectivity index is 1.40. The molecule has 0 saturated heterocycles. The molecule has 1 N–H and O–H groups in total. The van der Waals surface area contributed by atoms with Crippen molar-refractivity contribution in [2.45, 2.75) is 39.0 Å². The summed E-state index contributed by atoms with van der Waals surface area (Å²) >= 11 is 0. The predicted molar refractivity (Wildman–Crippen MR) is 101 cm³/mol. The van der Waals surface area contributed by atoms with Crippen molar-refractivity contribution in [2.75, 3.05) is 13.3 Å². The molecule has 2 fully saturated rings. The average Bonchev–Trinajstić information content (AvgIpc) is 3.47. The van der Waals surface area contributed by atoms with E-state index in [1.165, 1.54) is 0 Å². The van der Waals surface area contributed by atoms with Gasteiger partial charge in [-0.2, -0.15) is 4.98 Å². The number of nitrogens with one attached hydrogen (secondary N) is 1. The van der Waals surface area contributed by atoms with Gasteiger partial charge in [-0.3, -0.25) is 4.79 Å². The molecule has 0 radical (unpaired) electrons. The number of rotatable bonds is 5. The van der Waals surface area contributed by atoms with Crippen LogP contribution in [0.2, 0.25) is 0 Å². The van der Waals surface area contributed by atoms with Crippen molar-refractivity contribution in [2.24, 2.45) is 23.7 Å². The SMILES string of the molecule is CC(C)CNC(=O)[C@H]1[C@H]2CC[C@H](C2)[C@@H]1c1nc(-c2ccc3c(c2)OCO3)no1. The van der Waals surface area contributed by atoms with E-state index in [0.29, 0.717) is 41.8 Å². The second-order valence-electron chi connectivity index (χ2n) is 8.55. The average molecular weight is 383 g/mol. The lowest BCUT2D eigenvalue weighted by Gasteiger charge is -2.27. The molecule has 2 saturated carbocycles. The quantitative estimate of drug-likeness (QED) is 0.852. The maximum absolute atomic E-state index is 12.9. The Labute approximate surface area is 163 Å². The van der Waals surface area contributed by atoms with E-state index in [-0.39, 0.29) is 24.5 Å². The molecule has 2 aromatic rings. The first-order chi connectivity index (χ1) is 13.6. The number of benzene rings is 1. The van der Waals surface area contributed by atoms with Crippen LogP contribution in [-0.2, 0) is 4.79 Å². The topological polar surface area (TPSA) is 86.5 Å². The van der Waals surface area contributed by atoms with Crippen molar-refractivity contribution in [1.82, 2.24) is 15.5 Å². The van der Waals surface area contributed by atoms with Crippen LogP contribution in [0.3, 0.4) is 0 Å². The first kappa shape index (κ1) is 17.5. The van der Waals surface area contributed by atoms with Gasteiger partial charge in [0.2, 0.25) is 24.4 Å². The van der Waals surface area contributed by atoms with Crippen molar-refractivity contribution in [1.29, 1.82) is 0 Å². The van der Waals surface area contributed by atoms with Gasteiger partial charge in [0.1, 0.15) is 0 Å². The molecule has 3 aliphatic rings. The molecule has 2 aliphatic carbocycles. The number of ether oxygens (including phenoxy) is 2. The molecule has 1 amide bonds. The maximum Gasteiger partial charge on any atom is 0.231 e. The molecule has 5 rings (SSSR count). The van der Waals surface area contributed by atoms with Gasteiger partial charge < -0.3 is 19.3 Å². The predicted octanol–water partition coefficient (Wildman–Crippen LogP) is 3.37. The Morgan fingerprint density at radius 1 is 1.21 bits per heavy atom. The first-order valence-corrected chi connectivity index (χ1v) is 10.1. The largest absolute Gasteiger partial charge is 0.454 e. The second kappa shape index (κ2) is 6.79. The number of fused-ring (bicyclic) bond motifs is 3. The van der Waals surface area contributed by atoms with Crippen molar-refractivity contribution in [3.63, 3.8) is 0 Å². The molecule has 0 unspecified atom stereocenters. The molecule has 28 heavy (non-hydrogen) atoms. The molecular formula is C21H25N3O4. The van der Waals surface area contributed by atoms with Gasteiger partial charge >= 0.3 is 0 Å². The fourth-order valence-corrected chi connectivity index (χ4v) is 4.97. The first-order valence-electron chi connectivity index (χ1n) is 10.1. The second-order valence-corrected chi connectivity index (χ2v) is 8.55. The third kappa shape index (κ3) is 2.93. The lowest BCUT2D eigenvalue weighted by molar-refractivity contribution is -0.127. The van der Waals surface area contributed by atoms with Crippen LogP contribution in [0.4, 0.5) is 0 Å². The molecule has 1 aliphatic heterocycles. The van der Waals surface area contributed by atoms with Crippen molar-refractivity contribution in [3.05, 3.63) is 24.1 Å². The highest BCUT2D eigenvalue weighted by Crippen LogP contribution is 2.56. The van der Waals surface area contributed by atoms with Gasteiger partial charge in [-0.25, -0.2) is 0 Å². The Bertz CT molecular complexity index is 894. The molecule has 1 aromatic carbocycles. The van der Waals surface area contributed by atoms with Gasteiger partial charge in [0.15, 0.2) is 11.5 Å². The van der Waals surface area contributed by atoms with Gasteiger partial charge in [-0.05, 0) is 55.2 Å². The summed E-state index contributed by atoms with van der Waals surface area (Å²) in [6.07, 6.45) is 3.32. The van der Waals surface area contributed by atoms with E-state index in [1.54, 1.807) is 0 Å². The minimum atomic E-state index is -0.0671. The Kier molecular flexibility index (Phi) is 4.25. The Morgan fingerprint density at radius 3 is 2.89 bits per heavy atom. The monoisotopic (exact) mass is 383 g/mol. The minimum Gasteiger partial charge on any atom is -0.454 e. The van der Waals surface area contributed by atoms with Crippen LogP contribution in [0.15, 0.2) is 22.7 Å². The zero-order chi connectivity index (χ0) is 19.3. The van der Waals surface area contributed by atoms with E-state index < -0.39 is 0 Å². The number of carbonyl (C=O) groups is 1. The van der Waals surface area contributed by atoms with Crippen LogP contribution >= 0.6 is 0 Å². The number of hydrogen-bond donors (Lipinski definition) is 1. The van der Waals surface area contributed by atoms with E-state index in [9.17, 15) is 4.79 Å². The molecule has 2 heterocycles. The van der Waals surface area contributed by atoms with Gasteiger partial charge in [0.05, 0.1) is 11.8 Å². The Morgan fingerprint density at radius 2 is 2.04 bits per heavy atom. The van der Waals surface area contributed by atoms with E-state index in [4.69, 9.17) is 14.0 Å². The summed E-state index contributed by atoms with van der Waals surface area (Å²) < 4.78 is 16.5.